The zero-order valence-electron chi connectivity index (χ0n) is 10.2. The molecule has 0 heterocycles. The van der Waals surface area contributed by atoms with E-state index in [1.807, 2.05) is 0 Å². The number of unbranched alkanes of at least 4 members (excludes halogenated alkanes) is 3. The van der Waals surface area contributed by atoms with Crippen molar-refractivity contribution in [3.8, 4) is 0 Å². The molecule has 0 saturated heterocycles. The van der Waals surface area contributed by atoms with E-state index in [1.165, 1.54) is 0 Å². The molecule has 3 nitrogen and oxygen atoms in total. The first kappa shape index (κ1) is 14.4. The smallest absolute Gasteiger partial charge is 0.220 e. The molecule has 0 radical (unpaired) electrons. The quantitative estimate of drug-likeness (QED) is 0.578. The van der Waals surface area contributed by atoms with Crippen LogP contribution in [-0.2, 0) is 4.79 Å². The number of nitrogens with two attached hydrogens (primary N) is 1. The normalized spacial score (nSPS) is 12.5. The summed E-state index contributed by atoms with van der Waals surface area (Å²) in [5.41, 5.74) is 5.39. The Bertz CT molecular complexity index is 160. The van der Waals surface area contributed by atoms with E-state index >= 15 is 0 Å². The van der Waals surface area contributed by atoms with Crippen LogP contribution in [0.5, 0.6) is 0 Å². The average molecular weight is 214 g/mol. The van der Waals surface area contributed by atoms with Crippen molar-refractivity contribution in [3.05, 3.63) is 0 Å². The molecular weight excluding hydrogens is 188 g/mol. The van der Waals surface area contributed by atoms with Crippen molar-refractivity contribution in [1.82, 2.24) is 5.32 Å². The summed E-state index contributed by atoms with van der Waals surface area (Å²) in [4.78, 5) is 11.4. The van der Waals surface area contributed by atoms with E-state index in [-0.39, 0.29) is 5.91 Å². The lowest BCUT2D eigenvalue weighted by atomic mass is 10.1. The number of carbonyl (C=O) groups is 1. The van der Waals surface area contributed by atoms with Crippen molar-refractivity contribution in [2.75, 3.05) is 6.54 Å². The van der Waals surface area contributed by atoms with Crippen LogP contribution in [0.15, 0.2) is 0 Å². The Labute approximate surface area is 93.8 Å². The van der Waals surface area contributed by atoms with E-state index in [1.54, 1.807) is 0 Å². The maximum absolute atomic E-state index is 11.4. The SMILES string of the molecule is CCCC(C)NC(=O)CCCCCCN. The van der Waals surface area contributed by atoms with Crippen molar-refractivity contribution in [2.24, 2.45) is 5.73 Å². The molecule has 0 spiro atoms. The molecule has 15 heavy (non-hydrogen) atoms. The Kier molecular flexibility index (Phi) is 9.59. The highest BCUT2D eigenvalue weighted by Crippen LogP contribution is 2.03. The first-order valence-electron chi connectivity index (χ1n) is 6.20. The Hall–Kier alpha value is -0.570. The molecule has 3 N–H and O–H groups in total. The van der Waals surface area contributed by atoms with Gasteiger partial charge in [-0.05, 0) is 32.7 Å². The summed E-state index contributed by atoms with van der Waals surface area (Å²) in [7, 11) is 0. The first-order valence-corrected chi connectivity index (χ1v) is 6.20. The fourth-order valence-electron chi connectivity index (χ4n) is 1.64. The molecule has 0 aromatic heterocycles. The van der Waals surface area contributed by atoms with Gasteiger partial charge in [-0.25, -0.2) is 0 Å². The van der Waals surface area contributed by atoms with Crippen LogP contribution in [0.1, 0.15) is 58.8 Å². The second-order valence-corrected chi connectivity index (χ2v) is 4.21. The Morgan fingerprint density at radius 1 is 1.27 bits per heavy atom. The predicted molar refractivity (Wildman–Crippen MR) is 64.7 cm³/mol. The molecule has 0 fully saturated rings. The van der Waals surface area contributed by atoms with Gasteiger partial charge in [0, 0.05) is 12.5 Å². The summed E-state index contributed by atoms with van der Waals surface area (Å²) in [6.07, 6.45) is 7.19. The fraction of sp³-hybridized carbons (Fsp3) is 0.917. The van der Waals surface area contributed by atoms with Crippen molar-refractivity contribution in [1.29, 1.82) is 0 Å². The van der Waals surface area contributed by atoms with Crippen molar-refractivity contribution < 1.29 is 4.79 Å². The summed E-state index contributed by atoms with van der Waals surface area (Å²) >= 11 is 0. The highest BCUT2D eigenvalue weighted by atomic mass is 16.1. The van der Waals surface area contributed by atoms with Gasteiger partial charge in [-0.1, -0.05) is 26.2 Å². The minimum atomic E-state index is 0.198. The van der Waals surface area contributed by atoms with Crippen LogP contribution in [0.2, 0.25) is 0 Å². The van der Waals surface area contributed by atoms with Gasteiger partial charge < -0.3 is 11.1 Å². The number of amides is 1. The van der Waals surface area contributed by atoms with Crippen LogP contribution < -0.4 is 11.1 Å². The van der Waals surface area contributed by atoms with Gasteiger partial charge in [0.05, 0.1) is 0 Å². The number of carbonyl (C=O) groups excluding carboxylic acids is 1. The van der Waals surface area contributed by atoms with Gasteiger partial charge in [0.2, 0.25) is 5.91 Å². The van der Waals surface area contributed by atoms with Crippen molar-refractivity contribution in [3.63, 3.8) is 0 Å². The third-order valence-electron chi connectivity index (χ3n) is 2.49. The molecule has 0 aromatic carbocycles. The standard InChI is InChI=1S/C12H26N2O/c1-3-8-11(2)14-12(15)9-6-4-5-7-10-13/h11H,3-10,13H2,1-2H3,(H,14,15). The molecule has 90 valence electrons. The molecule has 0 rings (SSSR count). The first-order chi connectivity index (χ1) is 7.20. The molecule has 0 saturated carbocycles. The number of hydrogen-bond acceptors (Lipinski definition) is 2. The van der Waals surface area contributed by atoms with Gasteiger partial charge in [0.25, 0.3) is 0 Å². The molecule has 0 aromatic rings. The predicted octanol–water partition coefficient (Wildman–Crippen LogP) is 2.20. The Morgan fingerprint density at radius 2 is 1.93 bits per heavy atom. The van der Waals surface area contributed by atoms with E-state index in [0.29, 0.717) is 12.5 Å². The summed E-state index contributed by atoms with van der Waals surface area (Å²) in [5, 5.41) is 3.01. The highest BCUT2D eigenvalue weighted by Gasteiger charge is 2.05. The molecule has 0 aliphatic carbocycles. The minimum Gasteiger partial charge on any atom is -0.354 e. The third-order valence-corrected chi connectivity index (χ3v) is 2.49. The van der Waals surface area contributed by atoms with Gasteiger partial charge in [-0.15, -0.1) is 0 Å². The topological polar surface area (TPSA) is 55.1 Å². The van der Waals surface area contributed by atoms with Crippen LogP contribution in [0.4, 0.5) is 0 Å². The Morgan fingerprint density at radius 3 is 2.53 bits per heavy atom. The van der Waals surface area contributed by atoms with Crippen molar-refractivity contribution in [2.45, 2.75) is 64.8 Å². The van der Waals surface area contributed by atoms with Gasteiger partial charge in [-0.2, -0.15) is 0 Å². The number of rotatable bonds is 9. The van der Waals surface area contributed by atoms with Crippen LogP contribution >= 0.6 is 0 Å². The van der Waals surface area contributed by atoms with Gasteiger partial charge in [-0.3, -0.25) is 4.79 Å². The second-order valence-electron chi connectivity index (χ2n) is 4.21. The zero-order valence-corrected chi connectivity index (χ0v) is 10.2. The lowest BCUT2D eigenvalue weighted by molar-refractivity contribution is -0.121. The van der Waals surface area contributed by atoms with Gasteiger partial charge >= 0.3 is 0 Å². The molecule has 3 heteroatoms. The number of hydrogen-bond donors (Lipinski definition) is 2. The van der Waals surface area contributed by atoms with E-state index < -0.39 is 0 Å². The maximum atomic E-state index is 11.4. The lowest BCUT2D eigenvalue weighted by Gasteiger charge is -2.12. The average Bonchev–Trinajstić information content (AvgIpc) is 2.17. The summed E-state index contributed by atoms with van der Waals surface area (Å²) in [6, 6.07) is 0.326. The maximum Gasteiger partial charge on any atom is 0.220 e. The van der Waals surface area contributed by atoms with Crippen LogP contribution in [0.3, 0.4) is 0 Å². The number of nitrogens with one attached hydrogen (secondary N) is 1. The third kappa shape index (κ3) is 9.73. The van der Waals surface area contributed by atoms with Crippen LogP contribution in [-0.4, -0.2) is 18.5 Å². The summed E-state index contributed by atoms with van der Waals surface area (Å²) in [6.45, 7) is 4.96. The fourth-order valence-corrected chi connectivity index (χ4v) is 1.64. The monoisotopic (exact) mass is 214 g/mol. The van der Waals surface area contributed by atoms with Crippen molar-refractivity contribution >= 4 is 5.91 Å². The van der Waals surface area contributed by atoms with E-state index in [0.717, 1.165) is 45.1 Å². The molecular formula is C12H26N2O. The van der Waals surface area contributed by atoms with E-state index in [4.69, 9.17) is 5.73 Å². The van der Waals surface area contributed by atoms with E-state index in [9.17, 15) is 4.79 Å². The Balaban J connectivity index is 3.32. The minimum absolute atomic E-state index is 0.198. The summed E-state index contributed by atoms with van der Waals surface area (Å²) < 4.78 is 0. The molecule has 0 bridgehead atoms. The van der Waals surface area contributed by atoms with Crippen LogP contribution in [0, 0.1) is 0 Å². The zero-order chi connectivity index (χ0) is 11.5. The second kappa shape index (κ2) is 9.97. The molecule has 1 atom stereocenters. The van der Waals surface area contributed by atoms with E-state index in [2.05, 4.69) is 19.2 Å². The molecule has 1 unspecified atom stereocenters. The van der Waals surface area contributed by atoms with Gasteiger partial charge in [0.15, 0.2) is 0 Å². The highest BCUT2D eigenvalue weighted by molar-refractivity contribution is 5.76. The lowest BCUT2D eigenvalue weighted by Crippen LogP contribution is -2.32. The van der Waals surface area contributed by atoms with Gasteiger partial charge in [0.1, 0.15) is 0 Å². The molecule has 0 aliphatic rings. The summed E-state index contributed by atoms with van der Waals surface area (Å²) in [5.74, 6) is 0.198. The largest absolute Gasteiger partial charge is 0.354 e. The molecule has 0 aliphatic heterocycles. The van der Waals surface area contributed by atoms with Crippen LogP contribution in [0.25, 0.3) is 0 Å². The molecule has 1 amide bonds.